The summed E-state index contributed by atoms with van der Waals surface area (Å²) in [6.45, 7) is 8.54. The molecule has 9 heteroatoms. The molecule has 8 nitrogen and oxygen atoms in total. The number of ether oxygens (including phenoxy) is 2. The Bertz CT molecular complexity index is 965. The van der Waals surface area contributed by atoms with Crippen molar-refractivity contribution < 1.29 is 22.7 Å². The van der Waals surface area contributed by atoms with Crippen molar-refractivity contribution in [2.24, 2.45) is 11.3 Å². The number of carbonyl (C=O) groups excluding carboxylic acids is 1. The van der Waals surface area contributed by atoms with E-state index in [1.807, 2.05) is 11.0 Å². The van der Waals surface area contributed by atoms with Crippen molar-refractivity contribution in [3.63, 3.8) is 0 Å². The largest absolute Gasteiger partial charge is 0.486 e. The lowest BCUT2D eigenvalue weighted by Gasteiger charge is -2.48. The molecule has 0 spiro atoms. The van der Waals surface area contributed by atoms with Crippen LogP contribution in [-0.4, -0.2) is 87.7 Å². The molecule has 2 amide bonds. The molecule has 1 unspecified atom stereocenters. The van der Waals surface area contributed by atoms with E-state index in [4.69, 9.17) is 9.47 Å². The third-order valence-electron chi connectivity index (χ3n) is 7.16. The van der Waals surface area contributed by atoms with E-state index in [1.54, 1.807) is 4.90 Å². The van der Waals surface area contributed by atoms with Crippen LogP contribution < -0.4 is 14.4 Å². The van der Waals surface area contributed by atoms with E-state index in [0.717, 1.165) is 30.2 Å². The quantitative estimate of drug-likeness (QED) is 0.651. The second-order valence-corrected chi connectivity index (χ2v) is 12.2. The van der Waals surface area contributed by atoms with Gasteiger partial charge in [-0.1, -0.05) is 13.8 Å². The molecule has 4 saturated heterocycles. The first-order chi connectivity index (χ1) is 14.7. The maximum absolute atomic E-state index is 13.3. The molecule has 5 aliphatic heterocycles. The smallest absolute Gasteiger partial charge is 0.320 e. The molecule has 4 fully saturated rings. The van der Waals surface area contributed by atoms with Gasteiger partial charge in [-0.25, -0.2) is 13.2 Å². The van der Waals surface area contributed by atoms with Gasteiger partial charge in [0, 0.05) is 44.5 Å². The standard InChI is InChI=1S/C22H31N3O5S/c1-22(2)12-16-13-24(21(26)23-5-9-31(27,28)10-6-23)15-20(22)25(14-16)17-3-4-18-19(11-17)30-8-7-29-18/h3-4,11,16,20H,5-10,12-15H2,1-2H3/t16-,20?/m1/s1. The number of anilines is 1. The van der Waals surface area contributed by atoms with Crippen LogP contribution in [0.25, 0.3) is 0 Å². The molecule has 6 rings (SSSR count). The molecule has 1 aromatic rings. The van der Waals surface area contributed by atoms with Gasteiger partial charge in [-0.05, 0) is 29.9 Å². The summed E-state index contributed by atoms with van der Waals surface area (Å²) in [4.78, 5) is 19.4. The number of sulfone groups is 1. The van der Waals surface area contributed by atoms with Crippen molar-refractivity contribution in [2.45, 2.75) is 26.3 Å². The van der Waals surface area contributed by atoms with Gasteiger partial charge < -0.3 is 24.2 Å². The molecule has 0 radical (unpaired) electrons. The van der Waals surface area contributed by atoms with E-state index in [-0.39, 0.29) is 29.0 Å². The average molecular weight is 450 g/mol. The maximum Gasteiger partial charge on any atom is 0.320 e. The van der Waals surface area contributed by atoms with Crippen molar-refractivity contribution >= 4 is 21.6 Å². The van der Waals surface area contributed by atoms with Crippen LogP contribution in [0.2, 0.25) is 0 Å². The van der Waals surface area contributed by atoms with Crippen molar-refractivity contribution in [1.82, 2.24) is 9.80 Å². The van der Waals surface area contributed by atoms with Gasteiger partial charge in [-0.15, -0.1) is 0 Å². The summed E-state index contributed by atoms with van der Waals surface area (Å²) in [5.41, 5.74) is 1.15. The SMILES string of the molecule is CC1(C)C[C@@H]2CN(C(=O)N3CCS(=O)(=O)CC3)CC1N(c1ccc3c(c1)OCCO3)C2. The van der Waals surface area contributed by atoms with Crippen LogP contribution in [-0.2, 0) is 9.84 Å². The summed E-state index contributed by atoms with van der Waals surface area (Å²) < 4.78 is 35.0. The minimum absolute atomic E-state index is 0.0216. The fourth-order valence-electron chi connectivity index (χ4n) is 5.59. The predicted molar refractivity (Wildman–Crippen MR) is 118 cm³/mol. The van der Waals surface area contributed by atoms with E-state index in [0.29, 0.717) is 45.3 Å². The summed E-state index contributed by atoms with van der Waals surface area (Å²) in [6.07, 6.45) is 1.07. The van der Waals surface area contributed by atoms with Gasteiger partial charge >= 0.3 is 6.03 Å². The molecule has 0 N–H and O–H groups in total. The molecule has 5 heterocycles. The number of rotatable bonds is 1. The van der Waals surface area contributed by atoms with Gasteiger partial charge in [-0.3, -0.25) is 0 Å². The molecule has 170 valence electrons. The first-order valence-corrected chi connectivity index (χ1v) is 12.9. The van der Waals surface area contributed by atoms with E-state index >= 15 is 0 Å². The van der Waals surface area contributed by atoms with Crippen LogP contribution in [0.5, 0.6) is 11.5 Å². The number of hydrogen-bond acceptors (Lipinski definition) is 6. The third kappa shape index (κ3) is 3.92. The van der Waals surface area contributed by atoms with E-state index < -0.39 is 9.84 Å². The van der Waals surface area contributed by atoms with E-state index in [9.17, 15) is 13.2 Å². The molecular formula is C22H31N3O5S. The Labute approximate surface area is 184 Å². The Hall–Kier alpha value is -2.16. The number of piperidine rings is 1. The number of benzene rings is 1. The number of fused-ring (bicyclic) bond motifs is 5. The van der Waals surface area contributed by atoms with Gasteiger partial charge in [0.2, 0.25) is 0 Å². The average Bonchev–Trinajstić information content (AvgIpc) is 3.00. The van der Waals surface area contributed by atoms with Crippen molar-refractivity contribution in [1.29, 1.82) is 0 Å². The van der Waals surface area contributed by atoms with Crippen LogP contribution in [0.3, 0.4) is 0 Å². The number of amides is 2. The van der Waals surface area contributed by atoms with E-state index in [1.165, 1.54) is 0 Å². The fraction of sp³-hybridized carbons (Fsp3) is 0.682. The minimum atomic E-state index is -3.01. The zero-order chi connectivity index (χ0) is 21.8. The third-order valence-corrected chi connectivity index (χ3v) is 8.77. The number of hydrogen-bond donors (Lipinski definition) is 0. The summed E-state index contributed by atoms with van der Waals surface area (Å²) in [5, 5.41) is 0. The minimum Gasteiger partial charge on any atom is -0.486 e. The van der Waals surface area contributed by atoms with Crippen molar-refractivity contribution in [3.05, 3.63) is 18.2 Å². The summed E-state index contributed by atoms with van der Waals surface area (Å²) in [5.74, 6) is 2.05. The Morgan fingerprint density at radius 2 is 1.71 bits per heavy atom. The molecule has 2 bridgehead atoms. The summed E-state index contributed by atoms with van der Waals surface area (Å²) >= 11 is 0. The van der Waals surface area contributed by atoms with Gasteiger partial charge in [0.25, 0.3) is 0 Å². The Morgan fingerprint density at radius 3 is 2.45 bits per heavy atom. The van der Waals surface area contributed by atoms with Crippen LogP contribution in [0.15, 0.2) is 18.2 Å². The highest BCUT2D eigenvalue weighted by molar-refractivity contribution is 7.91. The predicted octanol–water partition coefficient (Wildman–Crippen LogP) is 1.84. The molecule has 0 aliphatic carbocycles. The van der Waals surface area contributed by atoms with Crippen molar-refractivity contribution in [2.75, 3.05) is 62.3 Å². The lowest BCUT2D eigenvalue weighted by Crippen LogP contribution is -2.55. The maximum atomic E-state index is 13.3. The number of carbonyl (C=O) groups is 1. The highest BCUT2D eigenvalue weighted by Crippen LogP contribution is 2.45. The lowest BCUT2D eigenvalue weighted by molar-refractivity contribution is 0.153. The first kappa shape index (κ1) is 20.7. The Kier molecular flexibility index (Phi) is 4.99. The highest BCUT2D eigenvalue weighted by atomic mass is 32.2. The molecular weight excluding hydrogens is 418 g/mol. The van der Waals surface area contributed by atoms with Crippen molar-refractivity contribution in [3.8, 4) is 11.5 Å². The van der Waals surface area contributed by atoms with Gasteiger partial charge in [0.15, 0.2) is 21.3 Å². The zero-order valence-corrected chi connectivity index (χ0v) is 19.1. The van der Waals surface area contributed by atoms with Gasteiger partial charge in [0.1, 0.15) is 13.2 Å². The molecule has 1 aromatic carbocycles. The fourth-order valence-corrected chi connectivity index (χ4v) is 6.79. The van der Waals surface area contributed by atoms with Crippen LogP contribution in [0.4, 0.5) is 10.5 Å². The number of nitrogens with zero attached hydrogens (tertiary/aromatic N) is 3. The monoisotopic (exact) mass is 449 g/mol. The molecule has 5 aliphatic rings. The molecule has 0 aromatic heterocycles. The molecule has 31 heavy (non-hydrogen) atoms. The normalized spacial score (nSPS) is 28.9. The second kappa shape index (κ2) is 7.46. The lowest BCUT2D eigenvalue weighted by atomic mass is 9.73. The Morgan fingerprint density at radius 1 is 1.00 bits per heavy atom. The van der Waals surface area contributed by atoms with Crippen LogP contribution in [0.1, 0.15) is 20.3 Å². The number of urea groups is 1. The zero-order valence-electron chi connectivity index (χ0n) is 18.2. The van der Waals surface area contributed by atoms with Gasteiger partial charge in [0.05, 0.1) is 17.5 Å². The van der Waals surface area contributed by atoms with Gasteiger partial charge in [-0.2, -0.15) is 0 Å². The van der Waals surface area contributed by atoms with E-state index in [2.05, 4.69) is 30.9 Å². The highest BCUT2D eigenvalue weighted by Gasteiger charge is 2.47. The summed E-state index contributed by atoms with van der Waals surface area (Å²) in [7, 11) is -3.01. The Balaban J connectivity index is 1.39. The first-order valence-electron chi connectivity index (χ1n) is 11.1. The second-order valence-electron chi connectivity index (χ2n) is 9.88. The topological polar surface area (TPSA) is 79.4 Å². The summed E-state index contributed by atoms with van der Waals surface area (Å²) in [6, 6.07) is 6.28. The molecule has 0 saturated carbocycles. The molecule has 2 atom stereocenters. The van der Waals surface area contributed by atoms with Crippen LogP contribution in [0, 0.1) is 11.3 Å². The van der Waals surface area contributed by atoms with Crippen LogP contribution >= 0.6 is 0 Å².